The Morgan fingerprint density at radius 2 is 1.52 bits per heavy atom. The van der Waals surface area contributed by atoms with Crippen molar-refractivity contribution in [1.29, 1.82) is 0 Å². The third kappa shape index (κ3) is 5.50. The number of hydrogen-bond donors (Lipinski definition) is 0. The van der Waals surface area contributed by atoms with Gasteiger partial charge in [-0.15, -0.1) is 0 Å². The molecule has 0 radical (unpaired) electrons. The lowest BCUT2D eigenvalue weighted by molar-refractivity contribution is -0.134. The summed E-state index contributed by atoms with van der Waals surface area (Å²) < 4.78 is 32.9. The van der Waals surface area contributed by atoms with Gasteiger partial charge in [-0.05, 0) is 55.9 Å². The summed E-state index contributed by atoms with van der Waals surface area (Å²) in [6, 6.07) is 5.53. The van der Waals surface area contributed by atoms with Gasteiger partial charge < -0.3 is 14.5 Å². The predicted octanol–water partition coefficient (Wildman–Crippen LogP) is 1.17. The van der Waals surface area contributed by atoms with Crippen LogP contribution in [-0.4, -0.2) is 105 Å². The van der Waals surface area contributed by atoms with E-state index < -0.39 is 10.0 Å². The number of hydrogen-bond acceptors (Lipinski definition) is 6. The van der Waals surface area contributed by atoms with Crippen molar-refractivity contribution in [3.8, 4) is 0 Å². The van der Waals surface area contributed by atoms with Gasteiger partial charge >= 0.3 is 6.09 Å². The average Bonchev–Trinajstić information content (AvgIpc) is 2.84. The highest BCUT2D eigenvalue weighted by Gasteiger charge is 2.32. The molecule has 0 spiro atoms. The van der Waals surface area contributed by atoms with Crippen LogP contribution in [0.5, 0.6) is 0 Å². The number of piperazine rings is 2. The van der Waals surface area contributed by atoms with Crippen LogP contribution >= 0.6 is 0 Å². The molecule has 1 aliphatic carbocycles. The molecule has 2 heterocycles. The number of fused-ring (bicyclic) bond motifs is 1. The van der Waals surface area contributed by atoms with E-state index in [9.17, 15) is 18.0 Å². The Kier molecular flexibility index (Phi) is 7.55. The highest BCUT2D eigenvalue weighted by Crippen LogP contribution is 2.26. The molecule has 0 N–H and O–H groups in total. The Labute approximate surface area is 196 Å². The summed E-state index contributed by atoms with van der Waals surface area (Å²) in [4.78, 5) is 30.4. The van der Waals surface area contributed by atoms with E-state index in [2.05, 4.69) is 0 Å². The molecule has 1 aromatic rings. The molecule has 0 unspecified atom stereocenters. The molecule has 2 fully saturated rings. The first-order valence-electron chi connectivity index (χ1n) is 11.9. The molecule has 3 aliphatic rings. The van der Waals surface area contributed by atoms with Gasteiger partial charge in [-0.3, -0.25) is 9.69 Å². The van der Waals surface area contributed by atoms with E-state index in [0.29, 0.717) is 63.9 Å². The third-order valence-corrected chi connectivity index (χ3v) is 8.70. The normalized spacial score (nSPS) is 20.4. The zero-order chi connectivity index (χ0) is 23.4. The quantitative estimate of drug-likeness (QED) is 0.631. The molecule has 10 heteroatoms. The number of carbonyl (C=O) groups excluding carboxylic acids is 2. The van der Waals surface area contributed by atoms with Crippen LogP contribution in [0.15, 0.2) is 23.1 Å². The number of aryl methyl sites for hydroxylation is 2. The molecule has 0 aromatic heterocycles. The second-order valence-corrected chi connectivity index (χ2v) is 10.8. The summed E-state index contributed by atoms with van der Waals surface area (Å²) in [5.41, 5.74) is 2.41. The first-order chi connectivity index (χ1) is 15.9. The lowest BCUT2D eigenvalue weighted by Crippen LogP contribution is -2.55. The van der Waals surface area contributed by atoms with Gasteiger partial charge in [0, 0.05) is 52.4 Å². The summed E-state index contributed by atoms with van der Waals surface area (Å²) in [6.07, 6.45) is 3.93. The molecule has 2 amide bonds. The van der Waals surface area contributed by atoms with Crippen LogP contribution in [0.1, 0.15) is 30.9 Å². The molecule has 4 rings (SSSR count). The summed E-state index contributed by atoms with van der Waals surface area (Å²) in [5, 5.41) is 0. The van der Waals surface area contributed by atoms with Crippen molar-refractivity contribution in [3.63, 3.8) is 0 Å². The second-order valence-electron chi connectivity index (χ2n) is 8.88. The van der Waals surface area contributed by atoms with E-state index in [1.165, 1.54) is 9.87 Å². The van der Waals surface area contributed by atoms with Gasteiger partial charge in [-0.25, -0.2) is 13.2 Å². The first kappa shape index (κ1) is 24.0. The summed E-state index contributed by atoms with van der Waals surface area (Å²) >= 11 is 0. The molecule has 2 aliphatic heterocycles. The van der Waals surface area contributed by atoms with Crippen molar-refractivity contribution >= 4 is 22.0 Å². The van der Waals surface area contributed by atoms with Gasteiger partial charge in [0.1, 0.15) is 0 Å². The molecular formula is C23H34N4O5S. The van der Waals surface area contributed by atoms with Crippen molar-refractivity contribution < 1.29 is 22.7 Å². The highest BCUT2D eigenvalue weighted by atomic mass is 32.2. The molecular weight excluding hydrogens is 444 g/mol. The lowest BCUT2D eigenvalue weighted by atomic mass is 9.92. The highest BCUT2D eigenvalue weighted by molar-refractivity contribution is 7.89. The fourth-order valence-corrected chi connectivity index (χ4v) is 6.27. The Morgan fingerprint density at radius 1 is 0.879 bits per heavy atom. The van der Waals surface area contributed by atoms with Crippen LogP contribution in [0.4, 0.5) is 4.79 Å². The minimum atomic E-state index is -3.56. The average molecular weight is 479 g/mol. The van der Waals surface area contributed by atoms with E-state index in [4.69, 9.17) is 4.74 Å². The Morgan fingerprint density at radius 3 is 2.18 bits per heavy atom. The van der Waals surface area contributed by atoms with Crippen LogP contribution < -0.4 is 0 Å². The monoisotopic (exact) mass is 478 g/mol. The van der Waals surface area contributed by atoms with Crippen molar-refractivity contribution in [2.45, 2.75) is 37.5 Å². The largest absolute Gasteiger partial charge is 0.450 e. The maximum atomic E-state index is 13.2. The number of ether oxygens (including phenoxy) is 1. The molecule has 0 atom stereocenters. The van der Waals surface area contributed by atoms with Crippen LogP contribution in [0.2, 0.25) is 0 Å². The van der Waals surface area contributed by atoms with Crippen molar-refractivity contribution in [2.24, 2.45) is 0 Å². The van der Waals surface area contributed by atoms with Crippen molar-refractivity contribution in [2.75, 3.05) is 65.5 Å². The zero-order valence-corrected chi connectivity index (χ0v) is 20.2. The Balaban J connectivity index is 1.27. The smallest absolute Gasteiger partial charge is 0.409 e. The number of carbonyl (C=O) groups is 2. The van der Waals surface area contributed by atoms with Crippen molar-refractivity contribution in [3.05, 3.63) is 29.3 Å². The van der Waals surface area contributed by atoms with Crippen LogP contribution in [0, 0.1) is 0 Å². The number of amides is 2. The minimum Gasteiger partial charge on any atom is -0.450 e. The molecule has 1 aromatic carbocycles. The van der Waals surface area contributed by atoms with Gasteiger partial charge in [-0.1, -0.05) is 6.07 Å². The molecule has 33 heavy (non-hydrogen) atoms. The predicted molar refractivity (Wildman–Crippen MR) is 123 cm³/mol. The number of nitrogens with zero attached hydrogens (tertiary/aromatic N) is 4. The van der Waals surface area contributed by atoms with Gasteiger partial charge in [0.2, 0.25) is 15.9 Å². The standard InChI is InChI=1S/C23H34N4O5S/c1-2-32-23(29)26-11-9-24(10-12-26)18-22(28)25-13-15-27(16-14-25)33(30,31)21-8-7-19-5-3-4-6-20(19)17-21/h7-8,17H,2-6,9-16,18H2,1H3. The maximum absolute atomic E-state index is 13.2. The molecule has 9 nitrogen and oxygen atoms in total. The van der Waals surface area contributed by atoms with E-state index >= 15 is 0 Å². The van der Waals surface area contributed by atoms with E-state index in [0.717, 1.165) is 31.2 Å². The molecule has 182 valence electrons. The van der Waals surface area contributed by atoms with Crippen LogP contribution in [0.25, 0.3) is 0 Å². The van der Waals surface area contributed by atoms with Gasteiger partial charge in [0.15, 0.2) is 0 Å². The molecule has 2 saturated heterocycles. The Hall–Kier alpha value is -2.17. The van der Waals surface area contributed by atoms with Crippen LogP contribution in [0.3, 0.4) is 0 Å². The summed E-state index contributed by atoms with van der Waals surface area (Å²) in [5.74, 6) is 0.00501. The third-order valence-electron chi connectivity index (χ3n) is 6.81. The minimum absolute atomic E-state index is 0.00501. The summed E-state index contributed by atoms with van der Waals surface area (Å²) in [6.45, 7) is 6.15. The lowest BCUT2D eigenvalue weighted by Gasteiger charge is -2.37. The number of benzene rings is 1. The van der Waals surface area contributed by atoms with E-state index in [1.54, 1.807) is 22.8 Å². The maximum Gasteiger partial charge on any atom is 0.409 e. The molecule has 0 saturated carbocycles. The Bertz CT molecular complexity index is 967. The number of sulfonamides is 1. The van der Waals surface area contributed by atoms with Gasteiger partial charge in [-0.2, -0.15) is 4.31 Å². The van der Waals surface area contributed by atoms with E-state index in [-0.39, 0.29) is 18.5 Å². The fraction of sp³-hybridized carbons (Fsp3) is 0.652. The number of rotatable bonds is 5. The van der Waals surface area contributed by atoms with Crippen molar-refractivity contribution in [1.82, 2.24) is 19.0 Å². The fourth-order valence-electron chi connectivity index (χ4n) is 4.79. The second kappa shape index (κ2) is 10.4. The summed E-state index contributed by atoms with van der Waals surface area (Å²) in [7, 11) is -3.56. The molecule has 0 bridgehead atoms. The van der Waals surface area contributed by atoms with Gasteiger partial charge in [0.25, 0.3) is 0 Å². The van der Waals surface area contributed by atoms with E-state index in [1.807, 2.05) is 17.0 Å². The SMILES string of the molecule is CCOC(=O)N1CCN(CC(=O)N2CCN(S(=O)(=O)c3ccc4c(c3)CCCC4)CC2)CC1. The first-order valence-corrected chi connectivity index (χ1v) is 13.4. The van der Waals surface area contributed by atoms with Crippen LogP contribution in [-0.2, 0) is 32.4 Å². The zero-order valence-electron chi connectivity index (χ0n) is 19.4. The topological polar surface area (TPSA) is 90.5 Å². The van der Waals surface area contributed by atoms with Gasteiger partial charge in [0.05, 0.1) is 18.0 Å².